The molecular weight excluding hydrogens is 340 g/mol. The quantitative estimate of drug-likeness (QED) is 0.651. The highest BCUT2D eigenvalue weighted by atomic mass is 16.5. The molecule has 2 rings (SSSR count). The minimum absolute atomic E-state index is 0.0618. The van der Waals surface area contributed by atoms with E-state index >= 15 is 0 Å². The van der Waals surface area contributed by atoms with Crippen molar-refractivity contribution in [1.29, 1.82) is 0 Å². The summed E-state index contributed by atoms with van der Waals surface area (Å²) in [6, 6.07) is 10.3. The molecule has 0 radical (unpaired) electrons. The molecule has 0 aliphatic carbocycles. The van der Waals surface area contributed by atoms with Gasteiger partial charge in [0.1, 0.15) is 5.75 Å². The van der Waals surface area contributed by atoms with E-state index in [1.807, 2.05) is 50.8 Å². The lowest BCUT2D eigenvalue weighted by Crippen LogP contribution is -2.37. The minimum Gasteiger partial charge on any atom is -0.497 e. The molecular formula is C22H32N2O3. The molecule has 2 aromatic rings. The molecule has 0 bridgehead atoms. The van der Waals surface area contributed by atoms with Gasteiger partial charge in [0.2, 0.25) is 0 Å². The highest BCUT2D eigenvalue weighted by molar-refractivity contribution is 5.99. The summed E-state index contributed by atoms with van der Waals surface area (Å²) >= 11 is 0. The summed E-state index contributed by atoms with van der Waals surface area (Å²) in [6.07, 6.45) is 0.899. The van der Waals surface area contributed by atoms with Crippen LogP contribution >= 0.6 is 0 Å². The van der Waals surface area contributed by atoms with Crippen LogP contribution in [0.4, 0.5) is 0 Å². The summed E-state index contributed by atoms with van der Waals surface area (Å²) in [5.41, 5.74) is 4.14. The Morgan fingerprint density at radius 2 is 1.89 bits per heavy atom. The number of rotatable bonds is 10. The topological polar surface area (TPSA) is 54.7 Å². The van der Waals surface area contributed by atoms with Crippen LogP contribution in [0.1, 0.15) is 41.2 Å². The summed E-state index contributed by atoms with van der Waals surface area (Å²) in [5.74, 6) is 0.971. The van der Waals surface area contributed by atoms with Gasteiger partial charge >= 0.3 is 0 Å². The lowest BCUT2D eigenvalue weighted by Gasteiger charge is -2.24. The Morgan fingerprint density at radius 1 is 1.22 bits per heavy atom. The molecule has 0 aliphatic heterocycles. The van der Waals surface area contributed by atoms with Gasteiger partial charge in [0, 0.05) is 36.1 Å². The number of benzene rings is 1. The lowest BCUT2D eigenvalue weighted by atomic mass is 10.1. The predicted octanol–water partition coefficient (Wildman–Crippen LogP) is 3.24. The Morgan fingerprint density at radius 3 is 2.44 bits per heavy atom. The van der Waals surface area contributed by atoms with E-state index in [0.29, 0.717) is 13.1 Å². The average Bonchev–Trinajstić information content (AvgIpc) is 2.94. The molecule has 1 heterocycles. The highest BCUT2D eigenvalue weighted by Gasteiger charge is 2.19. The number of ketones is 1. The zero-order valence-electron chi connectivity index (χ0n) is 17.2. The first-order valence-corrected chi connectivity index (χ1v) is 9.55. The molecule has 0 aliphatic rings. The number of aliphatic hydroxyl groups excluding tert-OH is 1. The van der Waals surface area contributed by atoms with Crippen molar-refractivity contribution in [2.75, 3.05) is 26.8 Å². The van der Waals surface area contributed by atoms with E-state index in [9.17, 15) is 9.90 Å². The number of aliphatic hydroxyl groups is 1. The highest BCUT2D eigenvalue weighted by Crippen LogP contribution is 2.18. The molecule has 148 valence electrons. The summed E-state index contributed by atoms with van der Waals surface area (Å²) in [5, 5.41) is 9.22. The summed E-state index contributed by atoms with van der Waals surface area (Å²) in [6.45, 7) is 9.89. The second kappa shape index (κ2) is 9.72. The Labute approximate surface area is 162 Å². The molecule has 5 nitrogen and oxygen atoms in total. The van der Waals surface area contributed by atoms with Gasteiger partial charge in [-0.2, -0.15) is 0 Å². The number of aromatic nitrogens is 1. The van der Waals surface area contributed by atoms with Gasteiger partial charge in [0.05, 0.1) is 20.3 Å². The van der Waals surface area contributed by atoms with Gasteiger partial charge in [0.25, 0.3) is 0 Å². The van der Waals surface area contributed by atoms with Gasteiger partial charge in [-0.25, -0.2) is 0 Å². The fraction of sp³-hybridized carbons (Fsp3) is 0.500. The van der Waals surface area contributed by atoms with Crippen LogP contribution in [0.3, 0.4) is 0 Å². The van der Waals surface area contributed by atoms with E-state index in [1.54, 1.807) is 7.11 Å². The van der Waals surface area contributed by atoms with Gasteiger partial charge in [-0.3, -0.25) is 9.69 Å². The number of aryl methyl sites for hydroxylation is 2. The Hall–Kier alpha value is -2.11. The normalized spacial score (nSPS) is 11.4. The van der Waals surface area contributed by atoms with Crippen molar-refractivity contribution < 1.29 is 14.6 Å². The minimum atomic E-state index is 0.0618. The molecule has 5 heteroatoms. The molecule has 0 spiro atoms. The zero-order valence-corrected chi connectivity index (χ0v) is 17.2. The number of carbonyl (C=O) groups excluding carboxylic acids is 1. The molecule has 0 saturated heterocycles. The predicted molar refractivity (Wildman–Crippen MR) is 109 cm³/mol. The van der Waals surface area contributed by atoms with E-state index < -0.39 is 0 Å². The molecule has 0 fully saturated rings. The van der Waals surface area contributed by atoms with E-state index in [-0.39, 0.29) is 18.4 Å². The van der Waals surface area contributed by atoms with Crippen LogP contribution in [0.15, 0.2) is 30.3 Å². The van der Waals surface area contributed by atoms with Gasteiger partial charge in [-0.15, -0.1) is 0 Å². The number of ether oxygens (including phenoxy) is 1. The van der Waals surface area contributed by atoms with Crippen LogP contribution in [0, 0.1) is 13.8 Å². The summed E-state index contributed by atoms with van der Waals surface area (Å²) in [4.78, 5) is 14.8. The van der Waals surface area contributed by atoms with Crippen LogP contribution in [-0.4, -0.2) is 53.2 Å². The van der Waals surface area contributed by atoms with Crippen molar-refractivity contribution in [1.82, 2.24) is 9.47 Å². The molecule has 0 atom stereocenters. The number of carbonyl (C=O) groups is 1. The van der Waals surface area contributed by atoms with Crippen LogP contribution < -0.4 is 4.74 Å². The number of hydrogen-bond acceptors (Lipinski definition) is 4. The van der Waals surface area contributed by atoms with Crippen molar-refractivity contribution in [3.05, 3.63) is 52.8 Å². The lowest BCUT2D eigenvalue weighted by molar-refractivity contribution is 0.0880. The molecule has 1 aromatic carbocycles. The third kappa shape index (κ3) is 5.44. The fourth-order valence-electron chi connectivity index (χ4n) is 3.38. The molecule has 1 aromatic heterocycles. The van der Waals surface area contributed by atoms with Crippen molar-refractivity contribution >= 4 is 5.78 Å². The third-order valence-corrected chi connectivity index (χ3v) is 5.12. The molecule has 1 N–H and O–H groups in total. The van der Waals surface area contributed by atoms with Crippen molar-refractivity contribution in [2.45, 2.75) is 46.7 Å². The summed E-state index contributed by atoms with van der Waals surface area (Å²) in [7, 11) is 1.67. The number of nitrogens with zero attached hydrogens (tertiary/aromatic N) is 2. The van der Waals surface area contributed by atoms with E-state index in [0.717, 1.165) is 35.7 Å². The van der Waals surface area contributed by atoms with Crippen LogP contribution in [0.2, 0.25) is 0 Å². The fourth-order valence-corrected chi connectivity index (χ4v) is 3.38. The van der Waals surface area contributed by atoms with Crippen LogP contribution in [-0.2, 0) is 13.0 Å². The first-order valence-electron chi connectivity index (χ1n) is 9.55. The molecule has 27 heavy (non-hydrogen) atoms. The van der Waals surface area contributed by atoms with E-state index in [1.165, 1.54) is 5.56 Å². The Balaban J connectivity index is 2.09. The van der Waals surface area contributed by atoms with Gasteiger partial charge < -0.3 is 14.4 Å². The standard InChI is InChI=1S/C22H32N2O3/c1-16(2)23(12-13-25)15-22(26)21-14-17(3)24(18(21)4)11-10-19-6-8-20(27-5)9-7-19/h6-9,14,16,25H,10-13,15H2,1-5H3. The largest absolute Gasteiger partial charge is 0.497 e. The van der Waals surface area contributed by atoms with Gasteiger partial charge in [-0.1, -0.05) is 12.1 Å². The first kappa shape index (κ1) is 21.2. The maximum atomic E-state index is 12.8. The van der Waals surface area contributed by atoms with Crippen LogP contribution in [0.25, 0.3) is 0 Å². The van der Waals surface area contributed by atoms with Crippen molar-refractivity contribution in [2.24, 2.45) is 0 Å². The number of methoxy groups -OCH3 is 1. The number of Topliss-reactive ketones (excluding diaryl/α,β-unsaturated/α-hetero) is 1. The van der Waals surface area contributed by atoms with Gasteiger partial charge in [-0.05, 0) is 57.9 Å². The SMILES string of the molecule is COc1ccc(CCn2c(C)cc(C(=O)CN(CCO)C(C)C)c2C)cc1. The van der Waals surface area contributed by atoms with Crippen LogP contribution in [0.5, 0.6) is 5.75 Å². The smallest absolute Gasteiger partial charge is 0.178 e. The Bertz CT molecular complexity index is 748. The average molecular weight is 373 g/mol. The maximum absolute atomic E-state index is 12.8. The maximum Gasteiger partial charge on any atom is 0.178 e. The molecule has 0 saturated carbocycles. The third-order valence-electron chi connectivity index (χ3n) is 5.12. The molecule has 0 amide bonds. The van der Waals surface area contributed by atoms with E-state index in [4.69, 9.17) is 4.74 Å². The van der Waals surface area contributed by atoms with Gasteiger partial charge in [0.15, 0.2) is 5.78 Å². The summed E-state index contributed by atoms with van der Waals surface area (Å²) < 4.78 is 7.41. The van der Waals surface area contributed by atoms with E-state index in [2.05, 4.69) is 16.7 Å². The Kier molecular flexibility index (Phi) is 7.63. The monoisotopic (exact) mass is 372 g/mol. The molecule has 0 unspecified atom stereocenters. The van der Waals surface area contributed by atoms with Crippen molar-refractivity contribution in [3.8, 4) is 5.75 Å². The number of hydrogen-bond donors (Lipinski definition) is 1. The zero-order chi connectivity index (χ0) is 20.0. The second-order valence-electron chi connectivity index (χ2n) is 7.25. The second-order valence-corrected chi connectivity index (χ2v) is 7.25. The van der Waals surface area contributed by atoms with Crippen molar-refractivity contribution in [3.63, 3.8) is 0 Å². The first-order chi connectivity index (χ1) is 12.9.